The van der Waals surface area contributed by atoms with Crippen molar-refractivity contribution < 1.29 is 14.6 Å². The highest BCUT2D eigenvalue weighted by molar-refractivity contribution is 5.65. The average Bonchev–Trinajstić information content (AvgIpc) is 2.41. The molecular formula is C16H34O3. The Hall–Kier alpha value is -0.570. The number of carbonyl (C=O) groups excluding carboxylic acids is 1. The fourth-order valence-electron chi connectivity index (χ4n) is 1.78. The number of rotatable bonds is 11. The number of unbranched alkanes of at least 4 members (excludes halogenated alkanes) is 10. The van der Waals surface area contributed by atoms with Crippen LogP contribution < -0.4 is 0 Å². The number of ether oxygens (including phenoxy) is 1. The maximum Gasteiger partial charge on any atom is 0.302 e. The normalized spacial score (nSPS) is 9.68. The molecule has 0 radical (unpaired) electrons. The summed E-state index contributed by atoms with van der Waals surface area (Å²) < 4.78 is 4.11. The van der Waals surface area contributed by atoms with Crippen molar-refractivity contribution in [1.82, 2.24) is 0 Å². The summed E-state index contributed by atoms with van der Waals surface area (Å²) in [5.41, 5.74) is 0. The van der Waals surface area contributed by atoms with E-state index in [-0.39, 0.29) is 5.97 Å². The van der Waals surface area contributed by atoms with Crippen LogP contribution in [-0.4, -0.2) is 24.8 Å². The first-order chi connectivity index (χ1) is 9.18. The number of methoxy groups -OCH3 is 1. The van der Waals surface area contributed by atoms with Gasteiger partial charge < -0.3 is 9.84 Å². The van der Waals surface area contributed by atoms with E-state index in [0.29, 0.717) is 6.61 Å². The second-order valence-electron chi connectivity index (χ2n) is 4.95. The Labute approximate surface area is 119 Å². The number of hydrogen-bond acceptors (Lipinski definition) is 3. The zero-order valence-electron chi connectivity index (χ0n) is 13.2. The van der Waals surface area contributed by atoms with Crippen LogP contribution in [0.1, 0.15) is 84.5 Å². The molecule has 0 aliphatic rings. The molecule has 0 aromatic carbocycles. The molecule has 3 nitrogen and oxygen atoms in total. The van der Waals surface area contributed by atoms with Gasteiger partial charge in [-0.1, -0.05) is 71.1 Å². The second kappa shape index (κ2) is 19.8. The lowest BCUT2D eigenvalue weighted by atomic mass is 10.1. The van der Waals surface area contributed by atoms with Crippen LogP contribution in [0.4, 0.5) is 0 Å². The Morgan fingerprint density at radius 3 is 1.42 bits per heavy atom. The first kappa shape index (κ1) is 20.7. The molecule has 0 saturated heterocycles. The maximum absolute atomic E-state index is 9.59. The van der Waals surface area contributed by atoms with E-state index in [1.807, 2.05) is 0 Å². The lowest BCUT2D eigenvalue weighted by Crippen LogP contribution is -1.88. The van der Waals surface area contributed by atoms with Gasteiger partial charge in [-0.2, -0.15) is 0 Å². The van der Waals surface area contributed by atoms with E-state index in [1.165, 1.54) is 78.2 Å². The molecule has 0 heterocycles. The molecular weight excluding hydrogens is 240 g/mol. The van der Waals surface area contributed by atoms with Crippen LogP contribution in [0.3, 0.4) is 0 Å². The zero-order valence-corrected chi connectivity index (χ0v) is 13.2. The summed E-state index contributed by atoms with van der Waals surface area (Å²) in [4.78, 5) is 9.59. The number of carbonyl (C=O) groups is 1. The predicted molar refractivity (Wildman–Crippen MR) is 81.2 cm³/mol. The van der Waals surface area contributed by atoms with Crippen LogP contribution in [-0.2, 0) is 9.53 Å². The number of hydrogen-bond donors (Lipinski definition) is 1. The molecule has 0 aliphatic carbocycles. The van der Waals surface area contributed by atoms with E-state index in [2.05, 4.69) is 11.7 Å². The molecule has 0 aromatic rings. The van der Waals surface area contributed by atoms with E-state index in [9.17, 15) is 4.79 Å². The highest BCUT2D eigenvalue weighted by Gasteiger charge is 1.91. The Bertz CT molecular complexity index is 157. The smallest absolute Gasteiger partial charge is 0.302 e. The number of aliphatic hydroxyl groups excluding tert-OH is 1. The third kappa shape index (κ3) is 26.9. The second-order valence-corrected chi connectivity index (χ2v) is 4.95. The fraction of sp³-hybridized carbons (Fsp3) is 0.938. The monoisotopic (exact) mass is 274 g/mol. The van der Waals surface area contributed by atoms with Gasteiger partial charge in [0.25, 0.3) is 0 Å². The van der Waals surface area contributed by atoms with Crippen LogP contribution in [0.25, 0.3) is 0 Å². The van der Waals surface area contributed by atoms with E-state index in [1.54, 1.807) is 0 Å². The summed E-state index contributed by atoms with van der Waals surface area (Å²) >= 11 is 0. The minimum atomic E-state index is -0.245. The Morgan fingerprint density at radius 2 is 1.16 bits per heavy atom. The molecule has 116 valence electrons. The minimum absolute atomic E-state index is 0.245. The minimum Gasteiger partial charge on any atom is -0.469 e. The van der Waals surface area contributed by atoms with Gasteiger partial charge in [-0.15, -0.1) is 0 Å². The highest BCUT2D eigenvalue weighted by Crippen LogP contribution is 2.10. The molecule has 0 rings (SSSR count). The van der Waals surface area contributed by atoms with Gasteiger partial charge in [-0.3, -0.25) is 4.79 Å². The van der Waals surface area contributed by atoms with Gasteiger partial charge >= 0.3 is 5.97 Å². The summed E-state index contributed by atoms with van der Waals surface area (Å²) in [6.45, 7) is 4.00. The van der Waals surface area contributed by atoms with Crippen LogP contribution in [0.5, 0.6) is 0 Å². The number of aliphatic hydroxyl groups is 1. The van der Waals surface area contributed by atoms with E-state index < -0.39 is 0 Å². The molecule has 0 saturated carbocycles. The SMILES string of the molecule is CCCCCCCCCCCCCO.COC(C)=O. The Kier molecular flexibility index (Phi) is 21.6. The topological polar surface area (TPSA) is 46.5 Å². The molecule has 1 N–H and O–H groups in total. The predicted octanol–water partition coefficient (Wildman–Crippen LogP) is 4.47. The standard InChI is InChI=1S/C13H28O.C3H6O2/c1-2-3-4-5-6-7-8-9-10-11-12-13-14;1-3(4)5-2/h14H,2-13H2,1H3;1-2H3. The Balaban J connectivity index is 0. The van der Waals surface area contributed by atoms with Gasteiger partial charge in [0, 0.05) is 13.5 Å². The van der Waals surface area contributed by atoms with Crippen molar-refractivity contribution in [3.8, 4) is 0 Å². The largest absolute Gasteiger partial charge is 0.469 e. The maximum atomic E-state index is 9.59. The molecule has 3 heteroatoms. The molecule has 0 amide bonds. The molecule has 0 atom stereocenters. The van der Waals surface area contributed by atoms with Crippen molar-refractivity contribution in [3.63, 3.8) is 0 Å². The van der Waals surface area contributed by atoms with E-state index in [0.717, 1.165) is 6.42 Å². The molecule has 0 spiro atoms. The third-order valence-electron chi connectivity index (χ3n) is 3.05. The van der Waals surface area contributed by atoms with Crippen molar-refractivity contribution in [2.75, 3.05) is 13.7 Å². The van der Waals surface area contributed by atoms with Gasteiger partial charge in [0.15, 0.2) is 0 Å². The first-order valence-electron chi connectivity index (χ1n) is 7.84. The fourth-order valence-corrected chi connectivity index (χ4v) is 1.78. The molecule has 0 fully saturated rings. The van der Waals surface area contributed by atoms with E-state index in [4.69, 9.17) is 5.11 Å². The molecule has 19 heavy (non-hydrogen) atoms. The summed E-state index contributed by atoms with van der Waals surface area (Å²) in [6, 6.07) is 0. The third-order valence-corrected chi connectivity index (χ3v) is 3.05. The Morgan fingerprint density at radius 1 is 0.842 bits per heavy atom. The lowest BCUT2D eigenvalue weighted by Gasteiger charge is -2.01. The quantitative estimate of drug-likeness (QED) is 0.446. The van der Waals surface area contributed by atoms with Crippen LogP contribution in [0.15, 0.2) is 0 Å². The van der Waals surface area contributed by atoms with Gasteiger partial charge in [-0.25, -0.2) is 0 Å². The summed E-state index contributed by atoms with van der Waals surface area (Å²) in [5.74, 6) is -0.245. The summed E-state index contributed by atoms with van der Waals surface area (Å²) in [7, 11) is 1.35. The highest BCUT2D eigenvalue weighted by atomic mass is 16.5. The van der Waals surface area contributed by atoms with E-state index >= 15 is 0 Å². The number of esters is 1. The van der Waals surface area contributed by atoms with Gasteiger partial charge in [0.05, 0.1) is 7.11 Å². The lowest BCUT2D eigenvalue weighted by molar-refractivity contribution is -0.137. The van der Waals surface area contributed by atoms with Crippen molar-refractivity contribution in [1.29, 1.82) is 0 Å². The van der Waals surface area contributed by atoms with Gasteiger partial charge in [-0.05, 0) is 6.42 Å². The van der Waals surface area contributed by atoms with Crippen LogP contribution >= 0.6 is 0 Å². The van der Waals surface area contributed by atoms with Crippen molar-refractivity contribution in [2.45, 2.75) is 84.5 Å². The van der Waals surface area contributed by atoms with Gasteiger partial charge in [0.2, 0.25) is 0 Å². The molecule has 0 aliphatic heterocycles. The van der Waals surface area contributed by atoms with Crippen molar-refractivity contribution in [3.05, 3.63) is 0 Å². The van der Waals surface area contributed by atoms with Crippen LogP contribution in [0.2, 0.25) is 0 Å². The molecule has 0 aromatic heterocycles. The summed E-state index contributed by atoms with van der Waals surface area (Å²) in [6.07, 6.45) is 14.8. The van der Waals surface area contributed by atoms with Gasteiger partial charge in [0.1, 0.15) is 0 Å². The molecule has 0 bridgehead atoms. The van der Waals surface area contributed by atoms with Crippen molar-refractivity contribution in [2.24, 2.45) is 0 Å². The zero-order chi connectivity index (χ0) is 14.8. The summed E-state index contributed by atoms with van der Waals surface area (Å²) in [5, 5.41) is 8.59. The van der Waals surface area contributed by atoms with Crippen LogP contribution in [0, 0.1) is 0 Å². The van der Waals surface area contributed by atoms with Crippen molar-refractivity contribution >= 4 is 5.97 Å². The molecule has 0 unspecified atom stereocenters. The average molecular weight is 274 g/mol. The first-order valence-corrected chi connectivity index (χ1v) is 7.84.